The third-order valence-corrected chi connectivity index (χ3v) is 5.20. The summed E-state index contributed by atoms with van der Waals surface area (Å²) in [7, 11) is 0. The van der Waals surface area contributed by atoms with Crippen molar-refractivity contribution >= 4 is 29.3 Å². The van der Waals surface area contributed by atoms with Crippen LogP contribution in [-0.4, -0.2) is 38.2 Å². The van der Waals surface area contributed by atoms with Crippen molar-refractivity contribution in [3.63, 3.8) is 0 Å². The van der Waals surface area contributed by atoms with Crippen LogP contribution in [0, 0.1) is 0 Å². The molecule has 0 unspecified atom stereocenters. The predicted molar refractivity (Wildman–Crippen MR) is 128 cm³/mol. The fourth-order valence-corrected chi connectivity index (χ4v) is 3.35. The summed E-state index contributed by atoms with van der Waals surface area (Å²) in [6.07, 6.45) is 13.0. The van der Waals surface area contributed by atoms with Crippen LogP contribution in [-0.2, 0) is 4.79 Å². The highest BCUT2D eigenvalue weighted by molar-refractivity contribution is 5.94. The fourth-order valence-electron chi connectivity index (χ4n) is 3.35. The number of nitrogens with one attached hydrogen (secondary N) is 1. The molecule has 1 N–H and O–H groups in total. The van der Waals surface area contributed by atoms with Gasteiger partial charge in [-0.1, -0.05) is 26.2 Å². The Hall–Kier alpha value is -3.68. The van der Waals surface area contributed by atoms with Gasteiger partial charge in [-0.3, -0.25) is 9.59 Å². The van der Waals surface area contributed by atoms with Crippen LogP contribution in [0.1, 0.15) is 62.2 Å². The number of rotatable bonds is 13. The van der Waals surface area contributed by atoms with Crippen LogP contribution in [0.25, 0.3) is 0 Å². The minimum Gasteiger partial charge on any atom is -0.352 e. The van der Waals surface area contributed by atoms with Gasteiger partial charge in [0.15, 0.2) is 0 Å². The second-order valence-electron chi connectivity index (χ2n) is 7.65. The molecule has 0 bridgehead atoms. The van der Waals surface area contributed by atoms with Crippen molar-refractivity contribution in [3.05, 3.63) is 66.7 Å². The summed E-state index contributed by atoms with van der Waals surface area (Å²) in [6.45, 7) is 2.54. The second-order valence-corrected chi connectivity index (χ2v) is 7.65. The molecule has 0 spiro atoms. The number of ketones is 1. The molecule has 2 aromatic heterocycles. The maximum Gasteiger partial charge on any atom is 0.251 e. The first-order valence-electron chi connectivity index (χ1n) is 11.4. The Balaban J connectivity index is 1.51. The zero-order chi connectivity index (χ0) is 23.3. The number of unbranched alkanes of at least 4 members (excludes halogenated alkanes) is 4. The Kier molecular flexibility index (Phi) is 9.45. The Labute approximate surface area is 194 Å². The zero-order valence-corrected chi connectivity index (χ0v) is 19.0. The van der Waals surface area contributed by atoms with E-state index >= 15 is 0 Å². The molecular formula is C25H30N6O2. The molecule has 0 saturated heterocycles. The van der Waals surface area contributed by atoms with Crippen molar-refractivity contribution in [2.45, 2.75) is 51.9 Å². The van der Waals surface area contributed by atoms with Crippen LogP contribution in [0.15, 0.2) is 61.2 Å². The highest BCUT2D eigenvalue weighted by Crippen LogP contribution is 2.28. The van der Waals surface area contributed by atoms with E-state index in [-0.39, 0.29) is 5.91 Å². The van der Waals surface area contributed by atoms with E-state index in [4.69, 9.17) is 0 Å². The van der Waals surface area contributed by atoms with Gasteiger partial charge in [0.05, 0.1) is 5.69 Å². The minimum absolute atomic E-state index is 0.103. The Bertz CT molecular complexity index is 957. The summed E-state index contributed by atoms with van der Waals surface area (Å²) in [5.74, 6) is 1.12. The van der Waals surface area contributed by atoms with Crippen molar-refractivity contribution in [2.24, 2.45) is 0 Å². The highest BCUT2D eigenvalue weighted by Gasteiger charge is 2.17. The molecule has 0 atom stereocenters. The lowest BCUT2D eigenvalue weighted by Crippen LogP contribution is -2.24. The highest BCUT2D eigenvalue weighted by atomic mass is 16.1. The second kappa shape index (κ2) is 13.0. The van der Waals surface area contributed by atoms with Crippen LogP contribution in [0.4, 0.5) is 17.6 Å². The number of hydrogen-bond acceptors (Lipinski definition) is 7. The molecule has 3 rings (SSSR count). The number of carbonyl (C=O) groups is 2. The predicted octanol–water partition coefficient (Wildman–Crippen LogP) is 4.79. The number of carbonyl (C=O) groups excluding carboxylic acids is 2. The first kappa shape index (κ1) is 24.0. The Morgan fingerprint density at radius 2 is 1.33 bits per heavy atom. The maximum atomic E-state index is 12.5. The number of benzene rings is 1. The van der Waals surface area contributed by atoms with Crippen molar-refractivity contribution in [3.8, 4) is 0 Å². The van der Waals surface area contributed by atoms with E-state index in [1.165, 1.54) is 0 Å². The van der Waals surface area contributed by atoms with Gasteiger partial charge in [0, 0.05) is 49.7 Å². The molecule has 1 amide bonds. The lowest BCUT2D eigenvalue weighted by Gasteiger charge is -2.20. The summed E-state index contributed by atoms with van der Waals surface area (Å²) in [4.78, 5) is 42.8. The first-order valence-corrected chi connectivity index (χ1v) is 11.4. The average Bonchev–Trinajstić information content (AvgIpc) is 2.87. The molecule has 0 aliphatic heterocycles. The molecular weight excluding hydrogens is 416 g/mol. The van der Waals surface area contributed by atoms with E-state index in [0.29, 0.717) is 42.6 Å². The molecule has 0 aliphatic rings. The third kappa shape index (κ3) is 7.45. The average molecular weight is 447 g/mol. The molecule has 2 heterocycles. The van der Waals surface area contributed by atoms with Gasteiger partial charge in [-0.25, -0.2) is 24.8 Å². The van der Waals surface area contributed by atoms with Crippen molar-refractivity contribution in [1.29, 1.82) is 0 Å². The molecule has 33 heavy (non-hydrogen) atoms. The van der Waals surface area contributed by atoms with Gasteiger partial charge in [-0.15, -0.1) is 0 Å². The first-order chi connectivity index (χ1) is 16.2. The van der Waals surface area contributed by atoms with E-state index in [0.717, 1.165) is 37.8 Å². The van der Waals surface area contributed by atoms with Gasteiger partial charge in [0.1, 0.15) is 5.78 Å². The van der Waals surface area contributed by atoms with Gasteiger partial charge < -0.3 is 5.32 Å². The van der Waals surface area contributed by atoms with Gasteiger partial charge in [0.25, 0.3) is 5.91 Å². The number of amides is 1. The summed E-state index contributed by atoms with van der Waals surface area (Å²) in [5.41, 5.74) is 1.34. The zero-order valence-electron chi connectivity index (χ0n) is 19.0. The number of hydrogen-bond donors (Lipinski definition) is 1. The van der Waals surface area contributed by atoms with E-state index in [1.54, 1.807) is 54.0 Å². The van der Waals surface area contributed by atoms with Gasteiger partial charge in [-0.05, 0) is 49.2 Å². The normalized spacial score (nSPS) is 10.6. The molecule has 0 saturated carbocycles. The number of Topliss-reactive ketones (excluding diaryl/α,β-unsaturated/α-hetero) is 1. The lowest BCUT2D eigenvalue weighted by molar-refractivity contribution is -0.118. The quantitative estimate of drug-likeness (QED) is 0.377. The molecule has 172 valence electrons. The third-order valence-electron chi connectivity index (χ3n) is 5.20. The van der Waals surface area contributed by atoms with Crippen LogP contribution >= 0.6 is 0 Å². The van der Waals surface area contributed by atoms with Crippen molar-refractivity contribution in [1.82, 2.24) is 25.3 Å². The summed E-state index contributed by atoms with van der Waals surface area (Å²) in [5, 5.41) is 2.97. The van der Waals surface area contributed by atoms with Crippen LogP contribution < -0.4 is 10.2 Å². The Morgan fingerprint density at radius 3 is 1.91 bits per heavy atom. The molecule has 8 heteroatoms. The monoisotopic (exact) mass is 446 g/mol. The maximum absolute atomic E-state index is 12.5. The summed E-state index contributed by atoms with van der Waals surface area (Å²) >= 11 is 0. The lowest BCUT2D eigenvalue weighted by atomic mass is 10.1. The fraction of sp³-hybridized carbons (Fsp3) is 0.360. The minimum atomic E-state index is -0.103. The van der Waals surface area contributed by atoms with Crippen molar-refractivity contribution in [2.75, 3.05) is 11.4 Å². The van der Waals surface area contributed by atoms with Crippen LogP contribution in [0.3, 0.4) is 0 Å². The largest absolute Gasteiger partial charge is 0.352 e. The van der Waals surface area contributed by atoms with E-state index in [9.17, 15) is 9.59 Å². The standard InChI is InChI=1S/C25H30N6O2/c1-2-22(32)10-6-4-3-5-7-15-26-23(33)20-11-13-21(14-12-20)31(24-27-16-8-17-28-24)25-29-18-9-19-30-25/h8-9,11-14,16-19H,2-7,10,15H2,1H3,(H,26,33). The molecule has 0 fully saturated rings. The summed E-state index contributed by atoms with van der Waals surface area (Å²) < 4.78 is 0. The molecule has 0 aliphatic carbocycles. The molecule has 8 nitrogen and oxygen atoms in total. The topological polar surface area (TPSA) is 101 Å². The number of nitrogens with zero attached hydrogens (tertiary/aromatic N) is 5. The van der Waals surface area contributed by atoms with Crippen molar-refractivity contribution < 1.29 is 9.59 Å². The number of aromatic nitrogens is 4. The number of anilines is 3. The van der Waals surface area contributed by atoms with Crippen LogP contribution in [0.2, 0.25) is 0 Å². The summed E-state index contributed by atoms with van der Waals surface area (Å²) in [6, 6.07) is 10.7. The van der Waals surface area contributed by atoms with Crippen LogP contribution in [0.5, 0.6) is 0 Å². The smallest absolute Gasteiger partial charge is 0.251 e. The van der Waals surface area contributed by atoms with E-state index in [1.807, 2.05) is 19.1 Å². The molecule has 3 aromatic rings. The Morgan fingerprint density at radius 1 is 0.788 bits per heavy atom. The van der Waals surface area contributed by atoms with E-state index in [2.05, 4.69) is 25.3 Å². The van der Waals surface area contributed by atoms with Gasteiger partial charge in [-0.2, -0.15) is 0 Å². The van der Waals surface area contributed by atoms with Gasteiger partial charge >= 0.3 is 0 Å². The SMILES string of the molecule is CCC(=O)CCCCCCCNC(=O)c1ccc(N(c2ncccn2)c2ncccn2)cc1. The van der Waals surface area contributed by atoms with E-state index < -0.39 is 0 Å². The van der Waals surface area contributed by atoms with Gasteiger partial charge in [0.2, 0.25) is 11.9 Å². The molecule has 0 radical (unpaired) electrons. The molecule has 1 aromatic carbocycles.